The molecule has 4 N–H and O–H groups in total. The Morgan fingerprint density at radius 3 is 2.31 bits per heavy atom. The number of amides is 4. The molecule has 0 radical (unpaired) electrons. The van der Waals surface area contributed by atoms with E-state index in [0.717, 1.165) is 81.4 Å². The smallest absolute Gasteiger partial charge is 0.407 e. The number of aryl methyl sites for hydroxylation is 2. The number of benzene rings is 4. The molecule has 16 heteroatoms. The highest BCUT2D eigenvalue weighted by atomic mass is 16.7. The first kappa shape index (κ1) is 42.2. The molecule has 10 rings (SSSR count). The largest absolute Gasteiger partial charge is 0.453 e. The fraction of sp³-hybridized carbons (Fsp3) is 0.388. The summed E-state index contributed by atoms with van der Waals surface area (Å²) in [5.74, 6) is -0.173. The number of H-pyrrole nitrogens is 2. The van der Waals surface area contributed by atoms with E-state index < -0.39 is 36.1 Å². The van der Waals surface area contributed by atoms with Crippen LogP contribution in [-0.4, -0.2) is 106 Å². The Bertz CT molecular complexity index is 2810. The number of hydrogen-bond acceptors (Lipinski definition) is 10. The molecule has 5 heterocycles. The number of likely N-dealkylation sites (tertiary alicyclic amines) is 2. The van der Waals surface area contributed by atoms with Gasteiger partial charge in [-0.3, -0.25) is 9.59 Å². The Kier molecular flexibility index (Phi) is 11.0. The summed E-state index contributed by atoms with van der Waals surface area (Å²) in [6.07, 6.45) is 2.17. The number of rotatable bonds is 9. The minimum atomic E-state index is -0.994. The monoisotopic (exact) mass is 880 g/mol. The summed E-state index contributed by atoms with van der Waals surface area (Å²) in [7, 11) is 2.57. The van der Waals surface area contributed by atoms with Crippen LogP contribution in [0.4, 0.5) is 9.59 Å². The summed E-state index contributed by atoms with van der Waals surface area (Å²) in [5, 5.41) is 7.56. The molecule has 4 atom stereocenters. The third kappa shape index (κ3) is 7.73. The second-order valence-electron chi connectivity index (χ2n) is 17.7. The zero-order valence-electron chi connectivity index (χ0n) is 36.8. The van der Waals surface area contributed by atoms with Gasteiger partial charge in [0.2, 0.25) is 5.91 Å². The van der Waals surface area contributed by atoms with Crippen LogP contribution in [0.2, 0.25) is 0 Å². The van der Waals surface area contributed by atoms with Crippen molar-refractivity contribution in [1.29, 1.82) is 0 Å². The summed E-state index contributed by atoms with van der Waals surface area (Å²) in [6.45, 7) is 5.43. The van der Waals surface area contributed by atoms with Gasteiger partial charge in [-0.2, -0.15) is 0 Å². The third-order valence-electron chi connectivity index (χ3n) is 13.4. The number of carbonyl (C=O) groups is 4. The molecule has 336 valence electrons. The Morgan fingerprint density at radius 1 is 0.800 bits per heavy atom. The molecule has 65 heavy (non-hydrogen) atoms. The predicted molar refractivity (Wildman–Crippen MR) is 240 cm³/mol. The Balaban J connectivity index is 0.911. The first-order chi connectivity index (χ1) is 31.5. The molecule has 3 aliphatic heterocycles. The van der Waals surface area contributed by atoms with Crippen molar-refractivity contribution in [1.82, 2.24) is 40.4 Å². The summed E-state index contributed by atoms with van der Waals surface area (Å²) < 4.78 is 22.0. The summed E-state index contributed by atoms with van der Waals surface area (Å²) in [5.41, 5.74) is 8.67. The van der Waals surface area contributed by atoms with E-state index in [1.807, 2.05) is 43.0 Å². The molecule has 0 bridgehead atoms. The lowest BCUT2D eigenvalue weighted by Crippen LogP contribution is -2.51. The van der Waals surface area contributed by atoms with Crippen LogP contribution in [0.15, 0.2) is 78.9 Å². The molecule has 1 unspecified atom stereocenters. The van der Waals surface area contributed by atoms with Crippen molar-refractivity contribution in [2.24, 2.45) is 5.92 Å². The highest BCUT2D eigenvalue weighted by Gasteiger charge is 2.53. The predicted octanol–water partition coefficient (Wildman–Crippen LogP) is 7.03. The number of aromatic amines is 2. The number of ether oxygens (including phenoxy) is 4. The Hall–Kier alpha value is -6.78. The van der Waals surface area contributed by atoms with Gasteiger partial charge in [-0.05, 0) is 71.4 Å². The van der Waals surface area contributed by atoms with Crippen molar-refractivity contribution >= 4 is 45.8 Å². The number of hydrogen-bond donors (Lipinski definition) is 4. The van der Waals surface area contributed by atoms with Crippen LogP contribution in [-0.2, 0) is 41.4 Å². The number of methoxy groups -OCH3 is 2. The topological polar surface area (TPSA) is 193 Å². The van der Waals surface area contributed by atoms with Crippen molar-refractivity contribution in [3.05, 3.63) is 107 Å². The lowest BCUT2D eigenvalue weighted by atomic mass is 9.89. The van der Waals surface area contributed by atoms with Gasteiger partial charge in [-0.25, -0.2) is 19.6 Å². The molecule has 1 spiro atoms. The normalized spacial score (nSPS) is 19.6. The van der Waals surface area contributed by atoms with E-state index in [1.54, 1.807) is 17.0 Å². The Labute approximate surface area is 375 Å². The maximum atomic E-state index is 14.5. The van der Waals surface area contributed by atoms with E-state index in [0.29, 0.717) is 37.6 Å². The van der Waals surface area contributed by atoms with Gasteiger partial charge in [0, 0.05) is 23.9 Å². The molecule has 4 aromatic carbocycles. The van der Waals surface area contributed by atoms with Gasteiger partial charge in [0.15, 0.2) is 5.79 Å². The highest BCUT2D eigenvalue weighted by Crippen LogP contribution is 2.45. The van der Waals surface area contributed by atoms with Gasteiger partial charge in [-0.15, -0.1) is 0 Å². The van der Waals surface area contributed by atoms with Crippen LogP contribution in [0, 0.1) is 5.92 Å². The molecule has 2 aromatic heterocycles. The van der Waals surface area contributed by atoms with Crippen LogP contribution in [0.3, 0.4) is 0 Å². The van der Waals surface area contributed by atoms with Gasteiger partial charge in [0.05, 0.1) is 68.5 Å². The average molecular weight is 881 g/mol. The third-order valence-corrected chi connectivity index (χ3v) is 13.4. The molecule has 3 fully saturated rings. The minimum absolute atomic E-state index is 0.121. The zero-order valence-corrected chi connectivity index (χ0v) is 36.8. The van der Waals surface area contributed by atoms with Gasteiger partial charge in [0.25, 0.3) is 5.91 Å². The standard InChI is InChI=1S/C49H52N8O8/c1-27(2)39(54-47(60)62-3)45(58)56-20-8-11-37(56)43-50-35-18-14-31-23-29(12-16-33(31)41(35)52-43)30-13-17-34-32(24-30)15-19-36-42(34)53-44(51-36)38-25-49(64-21-22-65-49)26-57(38)46(59)40(55-48(61)63-4)28-9-6-5-7-10-28/h5-7,9-10,12-14,16-18,23-24,27,37-40H,8,11,15,19-22,25-26H2,1-4H3,(H,50,52)(H,51,53)(H,54,60)(H,55,61)/t37-,38?,39-,40+/m0/s1. The van der Waals surface area contributed by atoms with E-state index in [9.17, 15) is 19.2 Å². The van der Waals surface area contributed by atoms with Crippen LogP contribution >= 0.6 is 0 Å². The fourth-order valence-corrected chi connectivity index (χ4v) is 10.1. The second-order valence-corrected chi connectivity index (χ2v) is 17.7. The average Bonchev–Trinajstić information content (AvgIpc) is 4.19. The lowest BCUT2D eigenvalue weighted by Gasteiger charge is -2.29. The van der Waals surface area contributed by atoms with Crippen molar-refractivity contribution in [2.45, 2.75) is 75.9 Å². The first-order valence-electron chi connectivity index (χ1n) is 22.3. The first-order valence-corrected chi connectivity index (χ1v) is 22.3. The molecular formula is C49H52N8O8. The van der Waals surface area contributed by atoms with Gasteiger partial charge >= 0.3 is 12.2 Å². The van der Waals surface area contributed by atoms with E-state index in [2.05, 4.69) is 63.1 Å². The molecule has 4 amide bonds. The van der Waals surface area contributed by atoms with Crippen molar-refractivity contribution < 1.29 is 38.1 Å². The number of aromatic nitrogens is 4. The molecule has 3 saturated heterocycles. The summed E-state index contributed by atoms with van der Waals surface area (Å²) in [4.78, 5) is 73.7. The lowest BCUT2D eigenvalue weighted by molar-refractivity contribution is -0.153. The summed E-state index contributed by atoms with van der Waals surface area (Å²) in [6, 6.07) is 23.8. The second kappa shape index (κ2) is 17.0. The fourth-order valence-electron chi connectivity index (χ4n) is 10.1. The quantitative estimate of drug-likeness (QED) is 0.117. The van der Waals surface area contributed by atoms with Gasteiger partial charge < -0.3 is 49.3 Å². The summed E-state index contributed by atoms with van der Waals surface area (Å²) >= 11 is 0. The molecule has 0 saturated carbocycles. The SMILES string of the molecule is COC(=O)N[C@H](C(=O)N1CCC[C@H]1c1nc2ccc3cc(-c4ccc5c(c4)CCc4nc(C6CC7(CN6C(=O)[C@H](NC(=O)OC)c6ccccc6)OCCO7)[nH]c4-5)ccc3c2[nH]1)C(C)C. The number of carbonyl (C=O) groups excluding carboxylic acids is 4. The maximum absolute atomic E-state index is 14.5. The van der Waals surface area contributed by atoms with Gasteiger partial charge in [-0.1, -0.05) is 80.6 Å². The molecular weight excluding hydrogens is 829 g/mol. The number of nitrogens with one attached hydrogen (secondary N) is 4. The van der Waals surface area contributed by atoms with E-state index >= 15 is 0 Å². The molecule has 6 aromatic rings. The zero-order chi connectivity index (χ0) is 45.0. The van der Waals surface area contributed by atoms with Crippen LogP contribution in [0.25, 0.3) is 44.2 Å². The van der Waals surface area contributed by atoms with Crippen molar-refractivity contribution in [2.75, 3.05) is 40.5 Å². The van der Waals surface area contributed by atoms with Crippen LogP contribution < -0.4 is 10.6 Å². The number of fused-ring (bicyclic) bond motifs is 6. The Morgan fingerprint density at radius 2 is 1.54 bits per heavy atom. The van der Waals surface area contributed by atoms with E-state index in [1.165, 1.54) is 19.8 Å². The van der Waals surface area contributed by atoms with E-state index in [4.69, 9.17) is 28.9 Å². The molecule has 16 nitrogen and oxygen atoms in total. The van der Waals surface area contributed by atoms with Crippen LogP contribution in [0.1, 0.15) is 79.7 Å². The van der Waals surface area contributed by atoms with Gasteiger partial charge in [0.1, 0.15) is 23.7 Å². The highest BCUT2D eigenvalue weighted by molar-refractivity contribution is 6.05. The molecule has 4 aliphatic rings. The number of imidazole rings is 2. The molecule has 1 aliphatic carbocycles. The van der Waals surface area contributed by atoms with E-state index in [-0.39, 0.29) is 30.3 Å². The van der Waals surface area contributed by atoms with Crippen molar-refractivity contribution in [3.63, 3.8) is 0 Å². The van der Waals surface area contributed by atoms with Crippen LogP contribution in [0.5, 0.6) is 0 Å². The number of nitrogens with zero attached hydrogens (tertiary/aromatic N) is 4. The maximum Gasteiger partial charge on any atom is 0.407 e. The van der Waals surface area contributed by atoms with Crippen molar-refractivity contribution in [3.8, 4) is 22.4 Å². The minimum Gasteiger partial charge on any atom is -0.453 e. The number of alkyl carbamates (subject to hydrolysis) is 2.